The average molecular weight is 981 g/mol. The van der Waals surface area contributed by atoms with E-state index in [4.69, 9.17) is 0 Å². The van der Waals surface area contributed by atoms with Crippen LogP contribution in [0.5, 0.6) is 0 Å². The van der Waals surface area contributed by atoms with Crippen molar-refractivity contribution < 1.29 is 0 Å². The van der Waals surface area contributed by atoms with Crippen molar-refractivity contribution in [1.82, 2.24) is 4.57 Å². The molecule has 0 N–H and O–H groups in total. The molecule has 3 heteroatoms. The SMILES string of the molecule is c1ccc(-n2c3ccccc3c3cc(N(c4ccc(-c5ccc6c(c5)-c5ccccc5C65c6ccccc6-c6ccccc65)cc4)c4cccc([Si]5(c6ccccc6)c6ccccc6-c6ccccc65)c4)ccc32)cc1. The largest absolute Gasteiger partial charge is 0.310 e. The minimum absolute atomic E-state index is 0.365. The van der Waals surface area contributed by atoms with Crippen LogP contribution in [0.2, 0.25) is 0 Å². The number of aromatic nitrogens is 1. The lowest BCUT2D eigenvalue weighted by molar-refractivity contribution is 0.794. The first-order valence-corrected chi connectivity index (χ1v) is 28.5. The molecular weight excluding hydrogens is 933 g/mol. The van der Waals surface area contributed by atoms with Crippen LogP contribution in [0.15, 0.2) is 291 Å². The van der Waals surface area contributed by atoms with Crippen molar-refractivity contribution in [3.05, 3.63) is 313 Å². The Labute approximate surface area is 443 Å². The first-order valence-electron chi connectivity index (χ1n) is 26.5. The van der Waals surface area contributed by atoms with Crippen LogP contribution in [0, 0.1) is 0 Å². The van der Waals surface area contributed by atoms with E-state index in [0.717, 1.165) is 22.7 Å². The molecule has 1 aliphatic heterocycles. The molecule has 76 heavy (non-hydrogen) atoms. The molecule has 0 atom stereocenters. The third-order valence-corrected chi connectivity index (χ3v) is 21.9. The lowest BCUT2D eigenvalue weighted by Gasteiger charge is -2.33. The van der Waals surface area contributed by atoms with E-state index >= 15 is 0 Å². The van der Waals surface area contributed by atoms with Crippen LogP contribution in [-0.2, 0) is 5.41 Å². The third kappa shape index (κ3) is 5.86. The van der Waals surface area contributed by atoms with Crippen LogP contribution in [0.1, 0.15) is 22.3 Å². The minimum Gasteiger partial charge on any atom is -0.310 e. The van der Waals surface area contributed by atoms with Gasteiger partial charge in [0.05, 0.1) is 16.4 Å². The van der Waals surface area contributed by atoms with E-state index in [9.17, 15) is 0 Å². The monoisotopic (exact) mass is 980 g/mol. The normalized spacial score (nSPS) is 13.7. The van der Waals surface area contributed by atoms with Crippen LogP contribution in [0.3, 0.4) is 0 Å². The summed E-state index contributed by atoms with van der Waals surface area (Å²) in [5.41, 5.74) is 22.3. The number of anilines is 3. The van der Waals surface area contributed by atoms with Crippen LogP contribution in [0.4, 0.5) is 17.1 Å². The average Bonchev–Trinajstić information content (AvgIpc) is 4.39. The summed E-state index contributed by atoms with van der Waals surface area (Å²) in [6, 6.07) is 110. The highest BCUT2D eigenvalue weighted by atomic mass is 28.3. The Morgan fingerprint density at radius 3 is 1.45 bits per heavy atom. The molecule has 0 unspecified atom stereocenters. The summed E-state index contributed by atoms with van der Waals surface area (Å²) >= 11 is 0. The molecule has 16 rings (SSSR count). The maximum absolute atomic E-state index is 2.79. The number of hydrogen-bond donors (Lipinski definition) is 0. The summed E-state index contributed by atoms with van der Waals surface area (Å²) in [6.45, 7) is 0. The van der Waals surface area contributed by atoms with Crippen LogP contribution >= 0.6 is 0 Å². The van der Waals surface area contributed by atoms with Gasteiger partial charge in [0.1, 0.15) is 0 Å². The van der Waals surface area contributed by atoms with Gasteiger partial charge in [0.15, 0.2) is 8.07 Å². The van der Waals surface area contributed by atoms with Crippen molar-refractivity contribution in [1.29, 1.82) is 0 Å². The van der Waals surface area contributed by atoms with Gasteiger partial charge in [-0.25, -0.2) is 0 Å². The molecule has 0 bridgehead atoms. The Morgan fingerprint density at radius 1 is 0.289 bits per heavy atom. The van der Waals surface area contributed by atoms with Crippen molar-refractivity contribution in [2.24, 2.45) is 0 Å². The molecule has 1 spiro atoms. The molecular formula is C73H48N2Si. The number of hydrogen-bond acceptors (Lipinski definition) is 1. The maximum Gasteiger partial charge on any atom is 0.180 e. The van der Waals surface area contributed by atoms with Crippen molar-refractivity contribution in [3.63, 3.8) is 0 Å². The first-order chi connectivity index (χ1) is 37.7. The van der Waals surface area contributed by atoms with Gasteiger partial charge < -0.3 is 9.47 Å². The predicted octanol–water partition coefficient (Wildman–Crippen LogP) is 15.6. The van der Waals surface area contributed by atoms with Gasteiger partial charge in [-0.1, -0.05) is 224 Å². The summed E-state index contributed by atoms with van der Waals surface area (Å²) in [7, 11) is -2.79. The molecule has 2 heterocycles. The van der Waals surface area contributed by atoms with Crippen molar-refractivity contribution in [2.45, 2.75) is 5.41 Å². The molecule has 0 saturated heterocycles. The Kier molecular flexibility index (Phi) is 9.31. The zero-order valence-corrected chi connectivity index (χ0v) is 42.6. The fourth-order valence-electron chi connectivity index (χ4n) is 14.1. The van der Waals surface area contributed by atoms with E-state index in [1.165, 1.54) is 109 Å². The lowest BCUT2D eigenvalue weighted by Crippen LogP contribution is -2.72. The van der Waals surface area contributed by atoms with Crippen LogP contribution in [0.25, 0.3) is 72.0 Å². The van der Waals surface area contributed by atoms with Gasteiger partial charge >= 0.3 is 0 Å². The molecule has 0 radical (unpaired) electrons. The summed E-state index contributed by atoms with van der Waals surface area (Å²) in [6.07, 6.45) is 0. The molecule has 12 aromatic carbocycles. The fourth-order valence-corrected chi connectivity index (χ4v) is 19.3. The van der Waals surface area contributed by atoms with E-state index in [1.54, 1.807) is 0 Å². The Morgan fingerprint density at radius 2 is 0.776 bits per heavy atom. The number of benzene rings is 12. The van der Waals surface area contributed by atoms with Gasteiger partial charge in [0, 0.05) is 33.5 Å². The highest BCUT2D eigenvalue weighted by molar-refractivity contribution is 7.22. The second-order valence-electron chi connectivity index (χ2n) is 20.7. The lowest BCUT2D eigenvalue weighted by atomic mass is 9.70. The summed E-state index contributed by atoms with van der Waals surface area (Å²) < 4.78 is 2.40. The molecule has 354 valence electrons. The highest BCUT2D eigenvalue weighted by Gasteiger charge is 2.52. The third-order valence-electron chi connectivity index (χ3n) is 17.1. The summed E-state index contributed by atoms with van der Waals surface area (Å²) in [5.74, 6) is 0. The fraction of sp³-hybridized carbons (Fsp3) is 0.0137. The summed E-state index contributed by atoms with van der Waals surface area (Å²) in [5, 5.41) is 8.07. The standard InChI is InChI=1S/C73H48N2Si/c1-3-20-51(21-4-1)75-69-35-16-10-29-60(69)64-48-54(43-45-70(64)75)74(53-22-19-25-56(47-53)76(55-23-5-2-6-24-55)71-36-17-11-30-61(71)62-31-12-18-37-72(62)76)52-41-38-49(39-42-52)50-40-44-68-63(46-50)59-28-9-15-34-67(59)73(68)65-32-13-7-26-57(65)58-27-8-14-33-66(58)73/h1-48H. The first kappa shape index (κ1) is 42.9. The Balaban J connectivity index is 0.877. The molecule has 2 nitrogen and oxygen atoms in total. The Hall–Kier alpha value is -9.54. The highest BCUT2D eigenvalue weighted by Crippen LogP contribution is 2.63. The number of para-hydroxylation sites is 2. The molecule has 0 amide bonds. The van der Waals surface area contributed by atoms with Gasteiger partial charge in [-0.15, -0.1) is 0 Å². The number of rotatable bonds is 7. The second-order valence-corrected chi connectivity index (χ2v) is 24.4. The molecule has 1 aromatic heterocycles. The van der Waals surface area contributed by atoms with Gasteiger partial charge in [0.2, 0.25) is 0 Å². The van der Waals surface area contributed by atoms with E-state index in [2.05, 4.69) is 301 Å². The molecule has 3 aliphatic rings. The second kappa shape index (κ2) is 16.5. The zero-order chi connectivity index (χ0) is 50.0. The van der Waals surface area contributed by atoms with Gasteiger partial charge in [-0.3, -0.25) is 0 Å². The zero-order valence-electron chi connectivity index (χ0n) is 41.6. The summed E-state index contributed by atoms with van der Waals surface area (Å²) in [4.78, 5) is 2.49. The van der Waals surface area contributed by atoms with Gasteiger partial charge in [-0.05, 0) is 154 Å². The van der Waals surface area contributed by atoms with Crippen LogP contribution < -0.4 is 25.6 Å². The van der Waals surface area contributed by atoms with E-state index in [-0.39, 0.29) is 5.41 Å². The number of nitrogens with zero attached hydrogens (tertiary/aromatic N) is 2. The number of fused-ring (bicyclic) bond motifs is 16. The molecule has 0 fully saturated rings. The minimum atomic E-state index is -2.79. The van der Waals surface area contributed by atoms with E-state index in [0.29, 0.717) is 0 Å². The van der Waals surface area contributed by atoms with E-state index < -0.39 is 8.07 Å². The maximum atomic E-state index is 2.51. The van der Waals surface area contributed by atoms with Crippen LogP contribution in [-0.4, -0.2) is 12.6 Å². The molecule has 0 saturated carbocycles. The van der Waals surface area contributed by atoms with Gasteiger partial charge in [-0.2, -0.15) is 0 Å². The Bertz CT molecular complexity index is 4380. The quantitative estimate of drug-likeness (QED) is 0.145. The van der Waals surface area contributed by atoms with Crippen molar-refractivity contribution >= 4 is 67.7 Å². The predicted molar refractivity (Wildman–Crippen MR) is 320 cm³/mol. The smallest absolute Gasteiger partial charge is 0.180 e. The molecule has 13 aromatic rings. The topological polar surface area (TPSA) is 8.17 Å². The van der Waals surface area contributed by atoms with E-state index in [1.807, 2.05) is 0 Å². The van der Waals surface area contributed by atoms with Gasteiger partial charge in [0.25, 0.3) is 0 Å². The van der Waals surface area contributed by atoms with Crippen molar-refractivity contribution in [3.8, 4) is 50.2 Å². The van der Waals surface area contributed by atoms with Crippen molar-refractivity contribution in [2.75, 3.05) is 4.90 Å². The molecule has 2 aliphatic carbocycles.